The Morgan fingerprint density at radius 2 is 2.15 bits per heavy atom. The van der Waals surface area contributed by atoms with Crippen molar-refractivity contribution in [1.82, 2.24) is 5.32 Å². The number of carbonyl (C=O) groups is 2. The van der Waals surface area contributed by atoms with Crippen LogP contribution in [0.3, 0.4) is 0 Å². The second-order valence-corrected chi connectivity index (χ2v) is 4.08. The topological polar surface area (TPSA) is 46.2 Å². The van der Waals surface area contributed by atoms with E-state index in [1.807, 2.05) is 0 Å². The highest BCUT2D eigenvalue weighted by molar-refractivity contribution is 6.39. The maximum atomic E-state index is 11.2. The normalized spacial score (nSPS) is 23.2. The quantitative estimate of drug-likeness (QED) is 0.655. The number of nitrogens with one attached hydrogen (secondary N) is 1. The Morgan fingerprint density at radius 3 is 2.62 bits per heavy atom. The molecule has 0 aromatic heterocycles. The van der Waals surface area contributed by atoms with Gasteiger partial charge in [-0.15, -0.1) is 0 Å². The number of hydrogen-bond donors (Lipinski definition) is 1. The van der Waals surface area contributed by atoms with Crippen molar-refractivity contribution in [1.29, 1.82) is 0 Å². The van der Waals surface area contributed by atoms with Gasteiger partial charge >= 0.3 is 0 Å². The largest absolute Gasteiger partial charge is 0.316 e. The third-order valence-electron chi connectivity index (χ3n) is 2.31. The molecular formula is C10H17NO2. The number of carbonyl (C=O) groups excluding carboxylic acids is 2. The minimum absolute atomic E-state index is 0.0498. The van der Waals surface area contributed by atoms with Gasteiger partial charge in [0.1, 0.15) is 0 Å². The van der Waals surface area contributed by atoms with E-state index in [0.717, 1.165) is 13.0 Å². The SMILES string of the molecule is CC(C)CNC[C@@H]1CCC(=O)C1=O. The molecule has 0 heterocycles. The van der Waals surface area contributed by atoms with E-state index in [1.165, 1.54) is 0 Å². The van der Waals surface area contributed by atoms with Crippen molar-refractivity contribution in [2.24, 2.45) is 11.8 Å². The van der Waals surface area contributed by atoms with Crippen molar-refractivity contribution in [3.05, 3.63) is 0 Å². The van der Waals surface area contributed by atoms with Crippen LogP contribution in [0.4, 0.5) is 0 Å². The molecule has 1 fully saturated rings. The molecule has 0 amide bonds. The van der Waals surface area contributed by atoms with E-state index in [1.54, 1.807) is 0 Å². The Kier molecular flexibility index (Phi) is 3.60. The molecule has 1 aliphatic rings. The van der Waals surface area contributed by atoms with Crippen LogP contribution < -0.4 is 5.32 Å². The summed E-state index contributed by atoms with van der Waals surface area (Å²) in [5.74, 6) is 0.186. The van der Waals surface area contributed by atoms with Crippen LogP contribution in [-0.4, -0.2) is 24.7 Å². The van der Waals surface area contributed by atoms with Gasteiger partial charge in [0.05, 0.1) is 0 Å². The third kappa shape index (κ3) is 2.92. The Bertz CT molecular complexity index is 211. The maximum Gasteiger partial charge on any atom is 0.202 e. The number of ketones is 2. The fourth-order valence-electron chi connectivity index (χ4n) is 1.53. The van der Waals surface area contributed by atoms with Gasteiger partial charge in [0.25, 0.3) is 0 Å². The number of hydrogen-bond acceptors (Lipinski definition) is 3. The van der Waals surface area contributed by atoms with Crippen LogP contribution in [0, 0.1) is 11.8 Å². The summed E-state index contributed by atoms with van der Waals surface area (Å²) in [6, 6.07) is 0. The fourth-order valence-corrected chi connectivity index (χ4v) is 1.53. The third-order valence-corrected chi connectivity index (χ3v) is 2.31. The number of Topliss-reactive ketones (excluding diaryl/α,β-unsaturated/α-hetero) is 2. The lowest BCUT2D eigenvalue weighted by atomic mass is 10.1. The molecule has 0 aromatic rings. The lowest BCUT2D eigenvalue weighted by Crippen LogP contribution is -2.29. The molecule has 1 N–H and O–H groups in total. The molecule has 74 valence electrons. The van der Waals surface area contributed by atoms with Gasteiger partial charge < -0.3 is 5.32 Å². The summed E-state index contributed by atoms with van der Waals surface area (Å²) in [5, 5.41) is 3.20. The van der Waals surface area contributed by atoms with Crippen LogP contribution >= 0.6 is 0 Å². The zero-order valence-corrected chi connectivity index (χ0v) is 8.30. The number of rotatable bonds is 4. The van der Waals surface area contributed by atoms with E-state index >= 15 is 0 Å². The first-order valence-electron chi connectivity index (χ1n) is 4.89. The van der Waals surface area contributed by atoms with Gasteiger partial charge in [-0.25, -0.2) is 0 Å². The Labute approximate surface area is 78.9 Å². The smallest absolute Gasteiger partial charge is 0.202 e. The molecule has 0 spiro atoms. The van der Waals surface area contributed by atoms with Gasteiger partial charge in [0, 0.05) is 18.9 Å². The van der Waals surface area contributed by atoms with Crippen LogP contribution in [-0.2, 0) is 9.59 Å². The van der Waals surface area contributed by atoms with Gasteiger partial charge in [-0.1, -0.05) is 13.8 Å². The second-order valence-electron chi connectivity index (χ2n) is 4.08. The Hall–Kier alpha value is -0.700. The predicted molar refractivity (Wildman–Crippen MR) is 50.4 cm³/mol. The average Bonchev–Trinajstić information content (AvgIpc) is 2.35. The molecule has 0 bridgehead atoms. The minimum Gasteiger partial charge on any atom is -0.316 e. The molecule has 13 heavy (non-hydrogen) atoms. The second kappa shape index (κ2) is 4.51. The molecule has 0 aromatic carbocycles. The highest BCUT2D eigenvalue weighted by Gasteiger charge is 2.31. The molecule has 0 aliphatic heterocycles. The van der Waals surface area contributed by atoms with E-state index in [4.69, 9.17) is 0 Å². The highest BCUT2D eigenvalue weighted by atomic mass is 16.2. The van der Waals surface area contributed by atoms with Gasteiger partial charge in [0.15, 0.2) is 5.78 Å². The molecule has 1 saturated carbocycles. The lowest BCUT2D eigenvalue weighted by molar-refractivity contribution is -0.135. The average molecular weight is 183 g/mol. The molecule has 0 radical (unpaired) electrons. The summed E-state index contributed by atoms with van der Waals surface area (Å²) < 4.78 is 0. The van der Waals surface area contributed by atoms with Gasteiger partial charge in [-0.2, -0.15) is 0 Å². The van der Waals surface area contributed by atoms with Gasteiger partial charge in [0.2, 0.25) is 5.78 Å². The van der Waals surface area contributed by atoms with Gasteiger partial charge in [-0.05, 0) is 18.9 Å². The summed E-state index contributed by atoms with van der Waals surface area (Å²) in [5.41, 5.74) is 0. The molecular weight excluding hydrogens is 166 g/mol. The molecule has 1 rings (SSSR count). The first-order chi connectivity index (χ1) is 6.11. The minimum atomic E-state index is -0.184. The van der Waals surface area contributed by atoms with Crippen molar-refractivity contribution >= 4 is 11.6 Å². The predicted octanol–water partition coefficient (Wildman–Crippen LogP) is 0.780. The monoisotopic (exact) mass is 183 g/mol. The lowest BCUT2D eigenvalue weighted by Gasteiger charge is -2.10. The van der Waals surface area contributed by atoms with E-state index in [9.17, 15) is 9.59 Å². The Morgan fingerprint density at radius 1 is 1.46 bits per heavy atom. The molecule has 1 atom stereocenters. The van der Waals surface area contributed by atoms with Crippen LogP contribution in [0.5, 0.6) is 0 Å². The molecule has 0 saturated heterocycles. The zero-order valence-electron chi connectivity index (χ0n) is 8.30. The van der Waals surface area contributed by atoms with E-state index < -0.39 is 0 Å². The van der Waals surface area contributed by atoms with Crippen LogP contribution in [0.15, 0.2) is 0 Å². The zero-order chi connectivity index (χ0) is 9.84. The van der Waals surface area contributed by atoms with E-state index in [2.05, 4.69) is 19.2 Å². The molecule has 3 nitrogen and oxygen atoms in total. The van der Waals surface area contributed by atoms with E-state index in [0.29, 0.717) is 18.9 Å². The highest BCUT2D eigenvalue weighted by Crippen LogP contribution is 2.17. The maximum absolute atomic E-state index is 11.2. The molecule has 1 aliphatic carbocycles. The van der Waals surface area contributed by atoms with Crippen LogP contribution in [0.1, 0.15) is 26.7 Å². The van der Waals surface area contributed by atoms with Crippen molar-refractivity contribution in [3.8, 4) is 0 Å². The van der Waals surface area contributed by atoms with E-state index in [-0.39, 0.29) is 17.5 Å². The summed E-state index contributed by atoms with van der Waals surface area (Å²) in [6.07, 6.45) is 1.19. The van der Waals surface area contributed by atoms with Crippen molar-refractivity contribution in [2.45, 2.75) is 26.7 Å². The summed E-state index contributed by atoms with van der Waals surface area (Å²) in [7, 11) is 0. The molecule has 0 unspecified atom stereocenters. The van der Waals surface area contributed by atoms with Crippen molar-refractivity contribution in [3.63, 3.8) is 0 Å². The van der Waals surface area contributed by atoms with Crippen molar-refractivity contribution < 1.29 is 9.59 Å². The van der Waals surface area contributed by atoms with Crippen molar-refractivity contribution in [2.75, 3.05) is 13.1 Å². The first kappa shape index (κ1) is 10.4. The Balaban J connectivity index is 2.23. The van der Waals surface area contributed by atoms with Crippen LogP contribution in [0.25, 0.3) is 0 Å². The fraction of sp³-hybridized carbons (Fsp3) is 0.800. The summed E-state index contributed by atoms with van der Waals surface area (Å²) >= 11 is 0. The standard InChI is InChI=1S/C10H17NO2/c1-7(2)5-11-6-8-3-4-9(12)10(8)13/h7-8,11H,3-6H2,1-2H3/t8-/m0/s1. The summed E-state index contributed by atoms with van der Waals surface area (Å²) in [4.78, 5) is 22.1. The summed E-state index contributed by atoms with van der Waals surface area (Å²) in [6.45, 7) is 5.82. The first-order valence-corrected chi connectivity index (χ1v) is 4.89. The van der Waals surface area contributed by atoms with Gasteiger partial charge in [-0.3, -0.25) is 9.59 Å². The molecule has 3 heteroatoms. The van der Waals surface area contributed by atoms with Crippen LogP contribution in [0.2, 0.25) is 0 Å².